The molecule has 5 heteroatoms. The van der Waals surface area contributed by atoms with Gasteiger partial charge in [-0.1, -0.05) is 55.5 Å². The fourth-order valence-electron chi connectivity index (χ4n) is 2.79. The van der Waals surface area contributed by atoms with Crippen molar-refractivity contribution in [1.29, 1.82) is 0 Å². The molecule has 0 atom stereocenters. The number of aryl methyl sites for hydroxylation is 1. The molecule has 1 N–H and O–H groups in total. The molecule has 0 radical (unpaired) electrons. The first-order chi connectivity index (χ1) is 12.3. The number of aromatic nitrogens is 3. The Morgan fingerprint density at radius 3 is 2.48 bits per heavy atom. The molecule has 130 valence electrons. The highest BCUT2D eigenvalue weighted by molar-refractivity contribution is 5.60. The molecule has 0 saturated carbocycles. The Morgan fingerprint density at radius 2 is 1.72 bits per heavy atom. The summed E-state index contributed by atoms with van der Waals surface area (Å²) < 4.78 is 5.41. The largest absolute Gasteiger partial charge is 0.496 e. The van der Waals surface area contributed by atoms with E-state index in [1.807, 2.05) is 36.4 Å². The molecule has 0 unspecified atom stereocenters. The second kappa shape index (κ2) is 8.44. The predicted octanol–water partition coefficient (Wildman–Crippen LogP) is 3.65. The maximum Gasteiger partial charge on any atom is 0.123 e. The molecule has 5 nitrogen and oxygen atoms in total. The Morgan fingerprint density at radius 1 is 0.960 bits per heavy atom. The summed E-state index contributed by atoms with van der Waals surface area (Å²) in [5.41, 5.74) is 4.14. The standard InChI is InChI=1S/C20H24N4O/c1-3-13-24-22-18(20(23-24)16-9-5-4-6-10-16)15-21-14-17-11-7-8-12-19(17)25-2/h4-12,21H,3,13-15H2,1-2H3. The number of nitrogens with one attached hydrogen (secondary N) is 1. The van der Waals surface area contributed by atoms with Crippen molar-refractivity contribution in [3.05, 3.63) is 65.9 Å². The number of nitrogens with zero attached hydrogens (tertiary/aromatic N) is 3. The van der Waals surface area contributed by atoms with Crippen molar-refractivity contribution < 1.29 is 4.74 Å². The highest BCUT2D eigenvalue weighted by Gasteiger charge is 2.13. The Bertz CT molecular complexity index is 798. The Labute approximate surface area is 148 Å². The van der Waals surface area contributed by atoms with E-state index < -0.39 is 0 Å². The summed E-state index contributed by atoms with van der Waals surface area (Å²) in [4.78, 5) is 1.79. The Hall–Kier alpha value is -2.66. The Balaban J connectivity index is 1.75. The molecule has 2 aromatic carbocycles. The molecule has 1 aromatic heterocycles. The van der Waals surface area contributed by atoms with E-state index in [-0.39, 0.29) is 0 Å². The first-order valence-electron chi connectivity index (χ1n) is 8.64. The van der Waals surface area contributed by atoms with E-state index >= 15 is 0 Å². The zero-order valence-corrected chi connectivity index (χ0v) is 14.8. The van der Waals surface area contributed by atoms with Crippen LogP contribution in [0, 0.1) is 0 Å². The first kappa shape index (κ1) is 17.2. The van der Waals surface area contributed by atoms with Crippen LogP contribution in [0.1, 0.15) is 24.6 Å². The normalized spacial score (nSPS) is 10.8. The van der Waals surface area contributed by atoms with E-state index in [1.165, 1.54) is 0 Å². The SMILES string of the molecule is CCCn1nc(CNCc2ccccc2OC)c(-c2ccccc2)n1. The highest BCUT2D eigenvalue weighted by atomic mass is 16.5. The van der Waals surface area contributed by atoms with Gasteiger partial charge in [0.2, 0.25) is 0 Å². The fraction of sp³-hybridized carbons (Fsp3) is 0.300. The van der Waals surface area contributed by atoms with Crippen molar-refractivity contribution in [2.45, 2.75) is 33.0 Å². The number of rotatable bonds is 8. The third kappa shape index (κ3) is 4.25. The van der Waals surface area contributed by atoms with Gasteiger partial charge in [0.1, 0.15) is 17.1 Å². The fourth-order valence-corrected chi connectivity index (χ4v) is 2.79. The molecule has 25 heavy (non-hydrogen) atoms. The van der Waals surface area contributed by atoms with Gasteiger partial charge in [-0.15, -0.1) is 0 Å². The van der Waals surface area contributed by atoms with E-state index in [0.29, 0.717) is 6.54 Å². The van der Waals surface area contributed by atoms with Crippen LogP contribution in [0.2, 0.25) is 0 Å². The number of hydrogen-bond donors (Lipinski definition) is 1. The molecule has 0 saturated heterocycles. The third-order valence-corrected chi connectivity index (χ3v) is 4.00. The van der Waals surface area contributed by atoms with Crippen molar-refractivity contribution in [3.63, 3.8) is 0 Å². The highest BCUT2D eigenvalue weighted by Crippen LogP contribution is 2.21. The molecule has 3 rings (SSSR count). The number of benzene rings is 2. The van der Waals surface area contributed by atoms with Crippen LogP contribution in [0.5, 0.6) is 5.75 Å². The molecule has 0 aliphatic carbocycles. The molecule has 0 fully saturated rings. The first-order valence-corrected chi connectivity index (χ1v) is 8.64. The summed E-state index contributed by atoms with van der Waals surface area (Å²) in [6, 6.07) is 18.3. The lowest BCUT2D eigenvalue weighted by molar-refractivity contribution is 0.407. The molecule has 0 amide bonds. The van der Waals surface area contributed by atoms with Gasteiger partial charge in [-0.05, 0) is 12.5 Å². The van der Waals surface area contributed by atoms with Crippen molar-refractivity contribution in [1.82, 2.24) is 20.3 Å². The summed E-state index contributed by atoms with van der Waals surface area (Å²) in [6.07, 6.45) is 1.01. The molecule has 3 aromatic rings. The average Bonchev–Trinajstić information content (AvgIpc) is 3.06. The summed E-state index contributed by atoms with van der Waals surface area (Å²) in [5, 5.41) is 12.8. The summed E-state index contributed by atoms with van der Waals surface area (Å²) >= 11 is 0. The van der Waals surface area contributed by atoms with Crippen LogP contribution in [0.3, 0.4) is 0 Å². The molecule has 1 heterocycles. The zero-order chi connectivity index (χ0) is 17.5. The smallest absolute Gasteiger partial charge is 0.123 e. The second-order valence-corrected chi connectivity index (χ2v) is 5.87. The lowest BCUT2D eigenvalue weighted by atomic mass is 10.1. The molecule has 0 spiro atoms. The maximum atomic E-state index is 5.41. The third-order valence-electron chi connectivity index (χ3n) is 4.00. The van der Waals surface area contributed by atoms with E-state index in [9.17, 15) is 0 Å². The van der Waals surface area contributed by atoms with E-state index in [0.717, 1.165) is 47.8 Å². The van der Waals surface area contributed by atoms with Crippen LogP contribution < -0.4 is 10.1 Å². The van der Waals surface area contributed by atoms with Crippen LogP contribution in [-0.2, 0) is 19.6 Å². The minimum absolute atomic E-state index is 0.659. The lowest BCUT2D eigenvalue weighted by Crippen LogP contribution is -2.14. The van der Waals surface area contributed by atoms with Gasteiger partial charge >= 0.3 is 0 Å². The molecule has 0 bridgehead atoms. The van der Waals surface area contributed by atoms with Gasteiger partial charge in [0.25, 0.3) is 0 Å². The number of hydrogen-bond acceptors (Lipinski definition) is 4. The van der Waals surface area contributed by atoms with Crippen molar-refractivity contribution in [2.24, 2.45) is 0 Å². The van der Waals surface area contributed by atoms with Gasteiger partial charge in [-0.3, -0.25) is 0 Å². The molecular formula is C20H24N4O. The van der Waals surface area contributed by atoms with E-state index in [2.05, 4.69) is 40.6 Å². The average molecular weight is 336 g/mol. The van der Waals surface area contributed by atoms with Crippen LogP contribution in [0.15, 0.2) is 54.6 Å². The van der Waals surface area contributed by atoms with Crippen molar-refractivity contribution >= 4 is 0 Å². The molecular weight excluding hydrogens is 312 g/mol. The van der Waals surface area contributed by atoms with Gasteiger partial charge < -0.3 is 10.1 Å². The topological polar surface area (TPSA) is 52.0 Å². The molecule has 0 aliphatic heterocycles. The summed E-state index contributed by atoms with van der Waals surface area (Å²) in [6.45, 7) is 4.34. The monoisotopic (exact) mass is 336 g/mol. The lowest BCUT2D eigenvalue weighted by Gasteiger charge is -2.09. The van der Waals surface area contributed by atoms with E-state index in [1.54, 1.807) is 11.9 Å². The van der Waals surface area contributed by atoms with E-state index in [4.69, 9.17) is 4.74 Å². The van der Waals surface area contributed by atoms with Crippen LogP contribution in [-0.4, -0.2) is 22.1 Å². The van der Waals surface area contributed by atoms with Crippen LogP contribution in [0.4, 0.5) is 0 Å². The van der Waals surface area contributed by atoms with Gasteiger partial charge in [0.15, 0.2) is 0 Å². The minimum Gasteiger partial charge on any atom is -0.496 e. The number of methoxy groups -OCH3 is 1. The maximum absolute atomic E-state index is 5.41. The van der Waals surface area contributed by atoms with Gasteiger partial charge in [0, 0.05) is 24.2 Å². The van der Waals surface area contributed by atoms with Crippen LogP contribution in [0.25, 0.3) is 11.3 Å². The predicted molar refractivity (Wildman–Crippen MR) is 99.3 cm³/mol. The minimum atomic E-state index is 0.659. The quantitative estimate of drug-likeness (QED) is 0.682. The number of ether oxygens (including phenoxy) is 1. The van der Waals surface area contributed by atoms with Gasteiger partial charge in [-0.25, -0.2) is 0 Å². The van der Waals surface area contributed by atoms with Gasteiger partial charge in [-0.2, -0.15) is 15.0 Å². The summed E-state index contributed by atoms with van der Waals surface area (Å²) in [7, 11) is 1.70. The van der Waals surface area contributed by atoms with Gasteiger partial charge in [0.05, 0.1) is 13.7 Å². The Kier molecular flexibility index (Phi) is 5.80. The number of para-hydroxylation sites is 1. The van der Waals surface area contributed by atoms with Crippen LogP contribution >= 0.6 is 0 Å². The molecule has 0 aliphatic rings. The zero-order valence-electron chi connectivity index (χ0n) is 14.8. The van der Waals surface area contributed by atoms with Crippen molar-refractivity contribution in [3.8, 4) is 17.0 Å². The summed E-state index contributed by atoms with van der Waals surface area (Å²) in [5.74, 6) is 0.896. The van der Waals surface area contributed by atoms with Crippen molar-refractivity contribution in [2.75, 3.05) is 7.11 Å². The second-order valence-electron chi connectivity index (χ2n) is 5.87.